The highest BCUT2D eigenvalue weighted by Crippen LogP contribution is 2.14. The number of nitrogens with one attached hydrogen (secondary N) is 2. The van der Waals surface area contributed by atoms with E-state index in [1.807, 2.05) is 13.8 Å². The number of rotatable bonds is 5. The molecule has 2 rings (SSSR count). The van der Waals surface area contributed by atoms with Gasteiger partial charge < -0.3 is 5.32 Å². The fourth-order valence-electron chi connectivity index (χ4n) is 2.09. The number of hydrogen-bond donors (Lipinski definition) is 2. The van der Waals surface area contributed by atoms with Crippen LogP contribution in [0.15, 0.2) is 29.2 Å². The third-order valence-electron chi connectivity index (χ3n) is 3.60. The van der Waals surface area contributed by atoms with Crippen molar-refractivity contribution in [2.75, 3.05) is 14.1 Å². The van der Waals surface area contributed by atoms with E-state index in [0.29, 0.717) is 12.1 Å². The highest BCUT2D eigenvalue weighted by Gasteiger charge is 2.17. The molecule has 0 saturated carbocycles. The van der Waals surface area contributed by atoms with Gasteiger partial charge in [0, 0.05) is 37.5 Å². The molecular formula is C15H20N4O3S. The van der Waals surface area contributed by atoms with Crippen LogP contribution in [0.25, 0.3) is 0 Å². The smallest absolute Gasteiger partial charge is 0.251 e. The number of aromatic amines is 1. The SMILES string of the molecule is Cc1n[nH]c(C)c1CNC(=O)c1ccc(S(=O)(=O)N(C)C)cc1. The summed E-state index contributed by atoms with van der Waals surface area (Å²) in [5.74, 6) is -0.265. The molecule has 0 bridgehead atoms. The molecule has 0 aliphatic carbocycles. The normalized spacial score (nSPS) is 11.7. The zero-order valence-electron chi connectivity index (χ0n) is 13.5. The molecule has 0 radical (unpaired) electrons. The lowest BCUT2D eigenvalue weighted by molar-refractivity contribution is 0.0950. The van der Waals surface area contributed by atoms with Gasteiger partial charge in [0.05, 0.1) is 10.6 Å². The third-order valence-corrected chi connectivity index (χ3v) is 5.43. The predicted molar refractivity (Wildman–Crippen MR) is 86.5 cm³/mol. The van der Waals surface area contributed by atoms with Gasteiger partial charge in [0.1, 0.15) is 0 Å². The fourth-order valence-corrected chi connectivity index (χ4v) is 3.00. The van der Waals surface area contributed by atoms with Gasteiger partial charge in [-0.15, -0.1) is 0 Å². The van der Waals surface area contributed by atoms with Gasteiger partial charge in [0.25, 0.3) is 5.91 Å². The van der Waals surface area contributed by atoms with Gasteiger partial charge in [-0.1, -0.05) is 0 Å². The average Bonchev–Trinajstić information content (AvgIpc) is 2.83. The van der Waals surface area contributed by atoms with Gasteiger partial charge in [0.2, 0.25) is 10.0 Å². The molecule has 7 nitrogen and oxygen atoms in total. The number of aryl methyl sites for hydroxylation is 2. The van der Waals surface area contributed by atoms with Crippen LogP contribution in [0, 0.1) is 13.8 Å². The lowest BCUT2D eigenvalue weighted by atomic mass is 10.2. The molecular weight excluding hydrogens is 316 g/mol. The van der Waals surface area contributed by atoms with Crippen LogP contribution in [0.3, 0.4) is 0 Å². The number of nitrogens with zero attached hydrogens (tertiary/aromatic N) is 2. The van der Waals surface area contributed by atoms with Gasteiger partial charge in [-0.05, 0) is 38.1 Å². The molecule has 0 spiro atoms. The van der Waals surface area contributed by atoms with E-state index in [9.17, 15) is 13.2 Å². The van der Waals surface area contributed by atoms with Crippen LogP contribution in [-0.2, 0) is 16.6 Å². The van der Waals surface area contributed by atoms with Crippen LogP contribution < -0.4 is 5.32 Å². The molecule has 124 valence electrons. The van der Waals surface area contributed by atoms with Gasteiger partial charge in [0.15, 0.2) is 0 Å². The van der Waals surface area contributed by atoms with Crippen molar-refractivity contribution in [1.82, 2.24) is 19.8 Å². The molecule has 2 N–H and O–H groups in total. The van der Waals surface area contributed by atoms with E-state index < -0.39 is 10.0 Å². The molecule has 23 heavy (non-hydrogen) atoms. The van der Waals surface area contributed by atoms with Crippen LogP contribution in [-0.4, -0.2) is 42.9 Å². The van der Waals surface area contributed by atoms with E-state index in [2.05, 4.69) is 15.5 Å². The lowest BCUT2D eigenvalue weighted by Gasteiger charge is -2.11. The molecule has 1 heterocycles. The molecule has 0 saturated heterocycles. The van der Waals surface area contributed by atoms with E-state index in [0.717, 1.165) is 21.3 Å². The highest BCUT2D eigenvalue weighted by molar-refractivity contribution is 7.89. The van der Waals surface area contributed by atoms with Crippen LogP contribution in [0.2, 0.25) is 0 Å². The third kappa shape index (κ3) is 3.59. The largest absolute Gasteiger partial charge is 0.348 e. The van der Waals surface area contributed by atoms with Gasteiger partial charge in [-0.2, -0.15) is 5.10 Å². The summed E-state index contributed by atoms with van der Waals surface area (Å²) in [6.45, 7) is 4.12. The number of aromatic nitrogens is 2. The van der Waals surface area contributed by atoms with Gasteiger partial charge in [-0.3, -0.25) is 9.89 Å². The molecule has 0 unspecified atom stereocenters. The minimum absolute atomic E-state index is 0.153. The summed E-state index contributed by atoms with van der Waals surface area (Å²) >= 11 is 0. The quantitative estimate of drug-likeness (QED) is 0.858. The number of carbonyl (C=O) groups excluding carboxylic acids is 1. The number of benzene rings is 1. The Kier molecular flexibility index (Phi) is 4.86. The fraction of sp³-hybridized carbons (Fsp3) is 0.333. The standard InChI is InChI=1S/C15H20N4O3S/c1-10-14(11(2)18-17-10)9-16-15(20)12-5-7-13(8-6-12)23(21,22)19(3)4/h5-8H,9H2,1-4H3,(H,16,20)(H,17,18). The van der Waals surface area contributed by atoms with Crippen molar-refractivity contribution in [3.63, 3.8) is 0 Å². The Morgan fingerprint density at radius 1 is 1.22 bits per heavy atom. The summed E-state index contributed by atoms with van der Waals surface area (Å²) in [4.78, 5) is 12.3. The van der Waals surface area contributed by atoms with Crippen LogP contribution >= 0.6 is 0 Å². The summed E-state index contributed by atoms with van der Waals surface area (Å²) in [5.41, 5.74) is 3.11. The zero-order chi connectivity index (χ0) is 17.2. The molecule has 0 fully saturated rings. The maximum Gasteiger partial charge on any atom is 0.251 e. The van der Waals surface area contributed by atoms with Gasteiger partial charge >= 0.3 is 0 Å². The van der Waals surface area contributed by atoms with Crippen LogP contribution in [0.5, 0.6) is 0 Å². The summed E-state index contributed by atoms with van der Waals surface area (Å²) in [6, 6.07) is 5.86. The number of carbonyl (C=O) groups is 1. The van der Waals surface area contributed by atoms with E-state index in [-0.39, 0.29) is 10.8 Å². The first-order valence-electron chi connectivity index (χ1n) is 7.04. The Bertz CT molecular complexity index is 788. The minimum atomic E-state index is -3.49. The maximum absolute atomic E-state index is 12.2. The van der Waals surface area contributed by atoms with Crippen LogP contribution in [0.1, 0.15) is 27.3 Å². The first-order chi connectivity index (χ1) is 10.7. The molecule has 0 aliphatic rings. The molecule has 0 aliphatic heterocycles. The number of hydrogen-bond acceptors (Lipinski definition) is 4. The Morgan fingerprint density at radius 3 is 2.30 bits per heavy atom. The first-order valence-corrected chi connectivity index (χ1v) is 8.48. The summed E-state index contributed by atoms with van der Waals surface area (Å²) < 4.78 is 25.1. The predicted octanol–water partition coefficient (Wildman–Crippen LogP) is 1.21. The van der Waals surface area contributed by atoms with Crippen molar-refractivity contribution < 1.29 is 13.2 Å². The van der Waals surface area contributed by atoms with Crippen LogP contribution in [0.4, 0.5) is 0 Å². The Morgan fingerprint density at radius 2 is 1.83 bits per heavy atom. The molecule has 2 aromatic rings. The molecule has 1 aromatic carbocycles. The Hall–Kier alpha value is -2.19. The molecule has 1 amide bonds. The van der Waals surface area contributed by atoms with Crippen molar-refractivity contribution in [2.45, 2.75) is 25.3 Å². The number of H-pyrrole nitrogens is 1. The monoisotopic (exact) mass is 336 g/mol. The van der Waals surface area contributed by atoms with E-state index in [1.165, 1.54) is 38.4 Å². The summed E-state index contributed by atoms with van der Waals surface area (Å²) in [6.07, 6.45) is 0. The number of amides is 1. The number of sulfonamides is 1. The van der Waals surface area contributed by atoms with Crippen molar-refractivity contribution >= 4 is 15.9 Å². The second-order valence-electron chi connectivity index (χ2n) is 5.41. The van der Waals surface area contributed by atoms with Crippen molar-refractivity contribution in [3.05, 3.63) is 46.8 Å². The zero-order valence-corrected chi connectivity index (χ0v) is 14.4. The van der Waals surface area contributed by atoms with Crippen molar-refractivity contribution in [3.8, 4) is 0 Å². The average molecular weight is 336 g/mol. The topological polar surface area (TPSA) is 95.2 Å². The summed E-state index contributed by atoms with van der Waals surface area (Å²) in [7, 11) is -0.561. The first kappa shape index (κ1) is 17.2. The van der Waals surface area contributed by atoms with E-state index in [4.69, 9.17) is 0 Å². The molecule has 1 aromatic heterocycles. The highest BCUT2D eigenvalue weighted by atomic mass is 32.2. The molecule has 0 atom stereocenters. The Balaban J connectivity index is 2.09. The van der Waals surface area contributed by atoms with Crippen molar-refractivity contribution in [1.29, 1.82) is 0 Å². The lowest BCUT2D eigenvalue weighted by Crippen LogP contribution is -2.24. The Labute approximate surface area is 135 Å². The van der Waals surface area contributed by atoms with Crippen molar-refractivity contribution in [2.24, 2.45) is 0 Å². The maximum atomic E-state index is 12.2. The van der Waals surface area contributed by atoms with Gasteiger partial charge in [-0.25, -0.2) is 12.7 Å². The second kappa shape index (κ2) is 6.51. The summed E-state index contributed by atoms with van der Waals surface area (Å²) in [5, 5.41) is 9.74. The molecule has 8 heteroatoms. The second-order valence-corrected chi connectivity index (χ2v) is 7.56. The minimum Gasteiger partial charge on any atom is -0.348 e. The van der Waals surface area contributed by atoms with E-state index in [1.54, 1.807) is 0 Å². The van der Waals surface area contributed by atoms with E-state index >= 15 is 0 Å².